The van der Waals surface area contributed by atoms with Gasteiger partial charge in [0.15, 0.2) is 0 Å². The molecule has 0 unspecified atom stereocenters. The number of amidine groups is 1. The molecule has 2 aromatic carbocycles. The molecule has 8 heteroatoms. The number of methoxy groups -OCH3 is 1. The minimum absolute atomic E-state index is 0.0276. The number of urea groups is 1. The van der Waals surface area contributed by atoms with Gasteiger partial charge in [0.05, 0.1) is 31.4 Å². The number of piperidine rings is 1. The fraction of sp³-hybridized carbons (Fsp3) is 0.576. The molecule has 2 amide bonds. The minimum atomic E-state index is -0.209. The normalized spacial score (nSPS) is 21.8. The van der Waals surface area contributed by atoms with Gasteiger partial charge in [0, 0.05) is 30.2 Å². The third-order valence-electron chi connectivity index (χ3n) is 8.80. The molecule has 2 fully saturated rings. The van der Waals surface area contributed by atoms with E-state index in [1.165, 1.54) is 25.9 Å². The Morgan fingerprint density at radius 2 is 1.73 bits per heavy atom. The van der Waals surface area contributed by atoms with Crippen LogP contribution in [-0.4, -0.2) is 78.5 Å². The second kappa shape index (κ2) is 13.9. The Labute approximate surface area is 250 Å². The number of rotatable bonds is 10. The van der Waals surface area contributed by atoms with E-state index in [1.807, 2.05) is 47.1 Å². The molecular weight excluding hydrogens is 536 g/mol. The first-order chi connectivity index (χ1) is 20.0. The van der Waals surface area contributed by atoms with Crippen LogP contribution >= 0.6 is 11.6 Å². The van der Waals surface area contributed by atoms with Gasteiger partial charge in [0.25, 0.3) is 0 Å². The maximum Gasteiger partial charge on any atom is 0.326 e. The summed E-state index contributed by atoms with van der Waals surface area (Å²) in [5, 5.41) is 0.686. The van der Waals surface area contributed by atoms with Crippen molar-refractivity contribution in [1.29, 1.82) is 0 Å². The fourth-order valence-electron chi connectivity index (χ4n) is 6.63. The first kappa shape index (κ1) is 29.7. The number of ether oxygens (including phenoxy) is 2. The Bertz CT molecular complexity index is 1190. The molecule has 0 aromatic heterocycles. The van der Waals surface area contributed by atoms with Gasteiger partial charge < -0.3 is 19.3 Å². The first-order valence-electron chi connectivity index (χ1n) is 15.5. The number of hydrogen-bond donors (Lipinski definition) is 0. The summed E-state index contributed by atoms with van der Waals surface area (Å²) in [5.41, 5.74) is 1.88. The quantitative estimate of drug-likeness (QED) is 0.279. The van der Waals surface area contributed by atoms with Crippen LogP contribution in [0.25, 0.3) is 0 Å². The molecule has 2 saturated heterocycles. The highest BCUT2D eigenvalue weighted by atomic mass is 35.5. The van der Waals surface area contributed by atoms with E-state index in [1.54, 1.807) is 7.11 Å². The number of carbonyl (C=O) groups excluding carboxylic acids is 1. The number of nitrogens with zero attached hydrogens (tertiary/aromatic N) is 4. The van der Waals surface area contributed by atoms with Crippen molar-refractivity contribution in [2.45, 2.75) is 83.3 Å². The maximum absolute atomic E-state index is 14.6. The number of benzene rings is 2. The number of hydrogen-bond acceptors (Lipinski definition) is 5. The lowest BCUT2D eigenvalue weighted by molar-refractivity contribution is 0.117. The van der Waals surface area contributed by atoms with E-state index in [9.17, 15) is 4.79 Å². The Morgan fingerprint density at radius 1 is 1.00 bits per heavy atom. The first-order valence-corrected chi connectivity index (χ1v) is 15.9. The van der Waals surface area contributed by atoms with Crippen LogP contribution in [0.4, 0.5) is 4.79 Å². The number of aliphatic imine (C=N–C) groups is 1. The minimum Gasteiger partial charge on any atom is -0.497 e. The molecule has 2 atom stereocenters. The second-order valence-corrected chi connectivity index (χ2v) is 11.9. The van der Waals surface area contributed by atoms with Crippen molar-refractivity contribution in [3.8, 4) is 11.5 Å². The van der Waals surface area contributed by atoms with Crippen molar-refractivity contribution >= 4 is 23.5 Å². The number of unbranched alkanes of at least 4 members (excludes halogenated alkanes) is 2. The molecule has 41 heavy (non-hydrogen) atoms. The predicted octanol–water partition coefficient (Wildman–Crippen LogP) is 7.18. The molecule has 2 aromatic rings. The van der Waals surface area contributed by atoms with Gasteiger partial charge in [0.1, 0.15) is 17.3 Å². The molecular formula is C33H45ClN4O3. The van der Waals surface area contributed by atoms with E-state index in [-0.39, 0.29) is 18.1 Å². The zero-order valence-electron chi connectivity index (χ0n) is 24.9. The third-order valence-corrected chi connectivity index (χ3v) is 9.05. The summed E-state index contributed by atoms with van der Waals surface area (Å²) in [5.74, 6) is 2.08. The zero-order chi connectivity index (χ0) is 28.8. The highest BCUT2D eigenvalue weighted by Gasteiger charge is 2.44. The lowest BCUT2D eigenvalue weighted by atomic mass is 9.95. The fourth-order valence-corrected chi connectivity index (χ4v) is 6.76. The lowest BCUT2D eigenvalue weighted by Gasteiger charge is -2.40. The summed E-state index contributed by atoms with van der Waals surface area (Å²) in [6.07, 6.45) is 8.86. The largest absolute Gasteiger partial charge is 0.497 e. The number of likely N-dealkylation sites (tertiary alicyclic amines) is 2. The van der Waals surface area contributed by atoms with Crippen molar-refractivity contribution in [2.75, 3.05) is 39.9 Å². The predicted molar refractivity (Wildman–Crippen MR) is 165 cm³/mol. The van der Waals surface area contributed by atoms with E-state index in [4.69, 9.17) is 26.1 Å². The van der Waals surface area contributed by atoms with Crippen molar-refractivity contribution in [3.05, 3.63) is 58.6 Å². The van der Waals surface area contributed by atoms with Crippen molar-refractivity contribution < 1.29 is 14.3 Å². The summed E-state index contributed by atoms with van der Waals surface area (Å²) in [6, 6.07) is 14.1. The Balaban J connectivity index is 1.51. The van der Waals surface area contributed by atoms with Gasteiger partial charge in [-0.1, -0.05) is 49.9 Å². The van der Waals surface area contributed by atoms with E-state index < -0.39 is 0 Å². The van der Waals surface area contributed by atoms with Gasteiger partial charge in [-0.25, -0.2) is 4.79 Å². The molecule has 7 nitrogen and oxygen atoms in total. The van der Waals surface area contributed by atoms with Crippen LogP contribution in [0.5, 0.6) is 11.5 Å². The van der Waals surface area contributed by atoms with E-state index >= 15 is 0 Å². The molecule has 0 saturated carbocycles. The molecule has 0 spiro atoms. The smallest absolute Gasteiger partial charge is 0.326 e. The van der Waals surface area contributed by atoms with E-state index in [0.29, 0.717) is 35.0 Å². The third kappa shape index (κ3) is 6.67. The van der Waals surface area contributed by atoms with E-state index in [0.717, 1.165) is 62.7 Å². The SMILES string of the molecule is CCCCC[C@H]1N=C(c2ccc(OC)cc2OCC)N(C(=O)N2CCC(N3CCCC3)CC2)[C@H]1c1ccc(Cl)cc1. The average molecular weight is 581 g/mol. The van der Waals surface area contributed by atoms with Crippen molar-refractivity contribution in [3.63, 3.8) is 0 Å². The van der Waals surface area contributed by atoms with Crippen LogP contribution in [0.2, 0.25) is 5.02 Å². The summed E-state index contributed by atoms with van der Waals surface area (Å²) < 4.78 is 11.6. The molecule has 3 aliphatic rings. The van der Waals surface area contributed by atoms with Crippen LogP contribution in [0.15, 0.2) is 47.5 Å². The monoisotopic (exact) mass is 580 g/mol. The summed E-state index contributed by atoms with van der Waals surface area (Å²) in [7, 11) is 1.65. The molecule has 3 aliphatic heterocycles. The molecule has 0 N–H and O–H groups in total. The van der Waals surface area contributed by atoms with Crippen LogP contribution in [0.3, 0.4) is 0 Å². The maximum atomic E-state index is 14.6. The van der Waals surface area contributed by atoms with Crippen molar-refractivity contribution in [1.82, 2.24) is 14.7 Å². The molecule has 3 heterocycles. The van der Waals surface area contributed by atoms with Gasteiger partial charge in [0.2, 0.25) is 0 Å². The Morgan fingerprint density at radius 3 is 2.39 bits per heavy atom. The van der Waals surface area contributed by atoms with Gasteiger partial charge in [-0.15, -0.1) is 0 Å². The molecule has 0 radical (unpaired) electrons. The summed E-state index contributed by atoms with van der Waals surface area (Å²) in [6.45, 7) is 8.60. The van der Waals surface area contributed by atoms with Crippen LogP contribution in [0.1, 0.15) is 82.4 Å². The van der Waals surface area contributed by atoms with Gasteiger partial charge >= 0.3 is 6.03 Å². The van der Waals surface area contributed by atoms with Crippen LogP contribution < -0.4 is 9.47 Å². The standard InChI is InChI=1S/C33H45ClN4O3/c1-4-6-7-10-29-31(24-11-13-25(34)14-12-24)38(32(35-29)28-16-15-27(40-3)23-30(28)41-5-2)33(39)37-21-17-26(18-22-37)36-19-8-9-20-36/h11-16,23,26,29,31H,4-10,17-22H2,1-3H3/t29-,31+/m1/s1. The van der Waals surface area contributed by atoms with E-state index in [2.05, 4.69) is 24.0 Å². The summed E-state index contributed by atoms with van der Waals surface area (Å²) in [4.78, 5) is 26.5. The second-order valence-electron chi connectivity index (χ2n) is 11.4. The Kier molecular flexibility index (Phi) is 10.1. The van der Waals surface area contributed by atoms with Crippen molar-refractivity contribution in [2.24, 2.45) is 4.99 Å². The topological polar surface area (TPSA) is 57.6 Å². The molecule has 0 bridgehead atoms. The molecule has 222 valence electrons. The number of carbonyl (C=O) groups is 1. The lowest BCUT2D eigenvalue weighted by Crippen LogP contribution is -2.52. The van der Waals surface area contributed by atoms with Gasteiger partial charge in [-0.3, -0.25) is 9.89 Å². The van der Waals surface area contributed by atoms with Gasteiger partial charge in [-0.2, -0.15) is 0 Å². The number of halogens is 1. The molecule has 5 rings (SSSR count). The number of amides is 2. The van der Waals surface area contributed by atoms with Crippen LogP contribution in [-0.2, 0) is 0 Å². The van der Waals surface area contributed by atoms with Crippen LogP contribution in [0, 0.1) is 0 Å². The Hall–Kier alpha value is -2.77. The highest BCUT2D eigenvalue weighted by Crippen LogP contribution is 2.40. The average Bonchev–Trinajstić information content (AvgIpc) is 3.67. The molecule has 0 aliphatic carbocycles. The highest BCUT2D eigenvalue weighted by molar-refractivity contribution is 6.30. The zero-order valence-corrected chi connectivity index (χ0v) is 25.6. The summed E-state index contributed by atoms with van der Waals surface area (Å²) >= 11 is 6.30. The van der Waals surface area contributed by atoms with Gasteiger partial charge in [-0.05, 0) is 81.9 Å².